The molecule has 0 spiro atoms. The van der Waals surface area contributed by atoms with Gasteiger partial charge in [0.1, 0.15) is 5.82 Å². The van der Waals surface area contributed by atoms with E-state index in [0.717, 1.165) is 4.57 Å². The van der Waals surface area contributed by atoms with Gasteiger partial charge in [0.15, 0.2) is 0 Å². The third-order valence-electron chi connectivity index (χ3n) is 4.10. The molecule has 1 saturated heterocycles. The Bertz CT molecular complexity index is 794. The van der Waals surface area contributed by atoms with Gasteiger partial charge < -0.3 is 4.57 Å². The molecule has 10 heteroatoms. The summed E-state index contributed by atoms with van der Waals surface area (Å²) in [5, 5.41) is 0. The van der Waals surface area contributed by atoms with E-state index in [-0.39, 0.29) is 17.3 Å². The minimum atomic E-state index is -3.50. The highest BCUT2D eigenvalue weighted by molar-refractivity contribution is 7.89. The normalized spacial score (nSPS) is 17.7. The highest BCUT2D eigenvalue weighted by Gasteiger charge is 2.29. The van der Waals surface area contributed by atoms with E-state index < -0.39 is 16.6 Å². The number of sulfonamides is 1. The Balaban J connectivity index is 1.62. The maximum Gasteiger partial charge on any atom is 0.319 e. The van der Waals surface area contributed by atoms with Crippen molar-refractivity contribution in [1.82, 2.24) is 23.3 Å². The summed E-state index contributed by atoms with van der Waals surface area (Å²) in [4.78, 5) is 6.16. The third-order valence-corrected chi connectivity index (χ3v) is 5.98. The predicted octanol–water partition coefficient (Wildman–Crippen LogP) is 1.12. The quantitative estimate of drug-likeness (QED) is 0.803. The van der Waals surface area contributed by atoms with Crippen molar-refractivity contribution in [3.8, 4) is 0 Å². The lowest BCUT2D eigenvalue weighted by atomic mass is 10.3. The summed E-state index contributed by atoms with van der Waals surface area (Å²) in [6.07, 6.45) is 5.85. The summed E-state index contributed by atoms with van der Waals surface area (Å²) in [7, 11) is -1.74. The molecule has 0 radical (unpaired) electrons. The molecule has 2 aromatic rings. The summed E-state index contributed by atoms with van der Waals surface area (Å²) in [6, 6.07) is 1.57. The molecule has 0 amide bonds. The van der Waals surface area contributed by atoms with Crippen molar-refractivity contribution in [1.29, 1.82) is 0 Å². The van der Waals surface area contributed by atoms with Crippen LogP contribution in [0.5, 0.6) is 0 Å². The first-order valence-corrected chi connectivity index (χ1v) is 8.96. The number of piperazine rings is 1. The molecule has 3 rings (SSSR count). The van der Waals surface area contributed by atoms with Crippen LogP contribution in [0.4, 0.5) is 8.78 Å². The average Bonchev–Trinajstić information content (AvgIpc) is 3.17. The lowest BCUT2D eigenvalue weighted by molar-refractivity contribution is 0.0626. The van der Waals surface area contributed by atoms with Crippen LogP contribution >= 0.6 is 0 Å². The zero-order valence-electron chi connectivity index (χ0n) is 13.2. The van der Waals surface area contributed by atoms with Gasteiger partial charge >= 0.3 is 6.55 Å². The van der Waals surface area contributed by atoms with Crippen LogP contribution in [0.2, 0.25) is 0 Å². The van der Waals surface area contributed by atoms with E-state index in [1.807, 2.05) is 4.90 Å². The van der Waals surface area contributed by atoms with Gasteiger partial charge in [-0.1, -0.05) is 0 Å². The molecule has 1 aliphatic rings. The van der Waals surface area contributed by atoms with Crippen LogP contribution < -0.4 is 0 Å². The van der Waals surface area contributed by atoms with Gasteiger partial charge in [0, 0.05) is 58.0 Å². The Morgan fingerprint density at radius 1 is 1.21 bits per heavy atom. The van der Waals surface area contributed by atoms with Crippen molar-refractivity contribution in [3.05, 3.63) is 36.7 Å². The SMILES string of the molecule is Cn1ccc(S(=O)(=O)N2CCN(Cc3nccn3C(F)F)CC2)c1. The van der Waals surface area contributed by atoms with Crippen LogP contribution in [0.1, 0.15) is 12.4 Å². The maximum atomic E-state index is 12.8. The average molecular weight is 359 g/mol. The molecule has 0 aromatic carbocycles. The zero-order chi connectivity index (χ0) is 17.3. The monoisotopic (exact) mass is 359 g/mol. The number of aromatic nitrogens is 3. The molecule has 1 fully saturated rings. The topological polar surface area (TPSA) is 63.4 Å². The van der Waals surface area contributed by atoms with Gasteiger partial charge in [-0.3, -0.25) is 9.47 Å². The highest BCUT2D eigenvalue weighted by Crippen LogP contribution is 2.19. The predicted molar refractivity (Wildman–Crippen MR) is 82.9 cm³/mol. The van der Waals surface area contributed by atoms with Crippen LogP contribution in [-0.2, 0) is 23.6 Å². The van der Waals surface area contributed by atoms with Gasteiger partial charge in [-0.25, -0.2) is 13.4 Å². The second-order valence-electron chi connectivity index (χ2n) is 5.72. The zero-order valence-corrected chi connectivity index (χ0v) is 14.0. The fourth-order valence-corrected chi connectivity index (χ4v) is 4.23. The van der Waals surface area contributed by atoms with Crippen LogP contribution in [0.25, 0.3) is 0 Å². The molecule has 1 aliphatic heterocycles. The van der Waals surface area contributed by atoms with Crippen LogP contribution in [0, 0.1) is 0 Å². The number of rotatable bonds is 5. The number of hydrogen-bond donors (Lipinski definition) is 0. The van der Waals surface area contributed by atoms with Gasteiger partial charge in [-0.2, -0.15) is 13.1 Å². The van der Waals surface area contributed by atoms with E-state index in [1.165, 1.54) is 16.7 Å². The van der Waals surface area contributed by atoms with Crippen molar-refractivity contribution in [2.75, 3.05) is 26.2 Å². The first-order chi connectivity index (χ1) is 11.4. The molecule has 0 aliphatic carbocycles. The Labute approximate surface area is 139 Å². The van der Waals surface area contributed by atoms with E-state index in [2.05, 4.69) is 4.98 Å². The molecule has 0 saturated carbocycles. The van der Waals surface area contributed by atoms with E-state index in [4.69, 9.17) is 0 Å². The van der Waals surface area contributed by atoms with Crippen LogP contribution in [-0.4, -0.2) is 57.9 Å². The van der Waals surface area contributed by atoms with Gasteiger partial charge in [-0.05, 0) is 6.07 Å². The number of aryl methyl sites for hydroxylation is 1. The maximum absolute atomic E-state index is 12.8. The van der Waals surface area contributed by atoms with E-state index >= 15 is 0 Å². The number of alkyl halides is 2. The Morgan fingerprint density at radius 3 is 2.50 bits per heavy atom. The number of hydrogen-bond acceptors (Lipinski definition) is 4. The van der Waals surface area contributed by atoms with Crippen molar-refractivity contribution in [2.24, 2.45) is 7.05 Å². The van der Waals surface area contributed by atoms with Gasteiger partial charge in [0.05, 0.1) is 11.4 Å². The fourth-order valence-electron chi connectivity index (χ4n) is 2.75. The van der Waals surface area contributed by atoms with E-state index in [1.54, 1.807) is 30.1 Å². The third kappa shape index (κ3) is 3.35. The standard InChI is InChI=1S/C14H19F2N5O2S/c1-18-4-2-12(10-18)24(22,23)20-8-6-19(7-9-20)11-13-17-3-5-21(13)14(15)16/h2-5,10,14H,6-9,11H2,1H3. The molecule has 0 unspecified atom stereocenters. The molecule has 24 heavy (non-hydrogen) atoms. The first-order valence-electron chi connectivity index (χ1n) is 7.52. The van der Waals surface area contributed by atoms with Gasteiger partial charge in [0.25, 0.3) is 0 Å². The second kappa shape index (κ2) is 6.61. The minimum Gasteiger partial charge on any atom is -0.356 e. The summed E-state index contributed by atoms with van der Waals surface area (Å²) in [5.74, 6) is 0.282. The lowest BCUT2D eigenvalue weighted by Gasteiger charge is -2.33. The second-order valence-corrected chi connectivity index (χ2v) is 7.66. The number of imidazole rings is 1. The smallest absolute Gasteiger partial charge is 0.319 e. The Hall–Kier alpha value is -1.78. The molecular formula is C14H19F2N5O2S. The molecule has 0 atom stereocenters. The molecule has 0 N–H and O–H groups in total. The fraction of sp³-hybridized carbons (Fsp3) is 0.500. The Morgan fingerprint density at radius 2 is 1.92 bits per heavy atom. The Kier molecular flexibility index (Phi) is 4.70. The lowest BCUT2D eigenvalue weighted by Crippen LogP contribution is -2.48. The van der Waals surface area contributed by atoms with Crippen molar-refractivity contribution in [3.63, 3.8) is 0 Å². The first kappa shape index (κ1) is 17.1. The summed E-state index contributed by atoms with van der Waals surface area (Å²) >= 11 is 0. The minimum absolute atomic E-state index is 0.270. The van der Waals surface area contributed by atoms with Crippen molar-refractivity contribution >= 4 is 10.0 Å². The molecule has 2 aromatic heterocycles. The van der Waals surface area contributed by atoms with Crippen LogP contribution in [0.15, 0.2) is 35.7 Å². The molecule has 0 bridgehead atoms. The largest absolute Gasteiger partial charge is 0.356 e. The van der Waals surface area contributed by atoms with Crippen molar-refractivity contribution in [2.45, 2.75) is 18.0 Å². The number of nitrogens with zero attached hydrogens (tertiary/aromatic N) is 5. The molecule has 3 heterocycles. The summed E-state index contributed by atoms with van der Waals surface area (Å²) in [6.45, 7) is -0.748. The number of halogens is 2. The highest BCUT2D eigenvalue weighted by atomic mass is 32.2. The van der Waals surface area contributed by atoms with E-state index in [0.29, 0.717) is 26.2 Å². The van der Waals surface area contributed by atoms with Crippen molar-refractivity contribution < 1.29 is 17.2 Å². The summed E-state index contributed by atoms with van der Waals surface area (Å²) < 4.78 is 54.7. The molecule has 7 nitrogen and oxygen atoms in total. The van der Waals surface area contributed by atoms with Gasteiger partial charge in [-0.15, -0.1) is 0 Å². The van der Waals surface area contributed by atoms with Gasteiger partial charge in [0.2, 0.25) is 10.0 Å². The summed E-state index contributed by atoms with van der Waals surface area (Å²) in [5.41, 5.74) is 0. The molecular weight excluding hydrogens is 340 g/mol. The molecule has 132 valence electrons. The van der Waals surface area contributed by atoms with E-state index in [9.17, 15) is 17.2 Å². The van der Waals surface area contributed by atoms with Crippen LogP contribution in [0.3, 0.4) is 0 Å².